The number of carbonyl (C=O) groups excluding carboxylic acids is 2. The minimum atomic E-state index is -1.30. The lowest BCUT2D eigenvalue weighted by atomic mass is 10.1. The maximum absolute atomic E-state index is 13.5. The summed E-state index contributed by atoms with van der Waals surface area (Å²) >= 11 is 0. The molecule has 1 heterocycles. The highest BCUT2D eigenvalue weighted by atomic mass is 19.2. The molecule has 2 rings (SSSR count). The van der Waals surface area contributed by atoms with Crippen LogP contribution in [0.4, 0.5) is 13.2 Å². The van der Waals surface area contributed by atoms with Crippen molar-refractivity contribution in [2.75, 3.05) is 33.2 Å². The van der Waals surface area contributed by atoms with Crippen molar-refractivity contribution in [3.8, 4) is 0 Å². The molecule has 1 saturated heterocycles. The minimum absolute atomic E-state index is 0.241. The molecule has 1 aliphatic rings. The predicted octanol–water partition coefficient (Wildman–Crippen LogP) is 1.38. The number of ketones is 1. The number of hydrogen-bond acceptors (Lipinski definition) is 3. The molecule has 1 aromatic carbocycles. The lowest BCUT2D eigenvalue weighted by Crippen LogP contribution is -2.47. The zero-order valence-corrected chi connectivity index (χ0v) is 12.2. The molecule has 1 amide bonds. The molecule has 1 fully saturated rings. The normalized spacial score (nSPS) is 15.9. The summed E-state index contributed by atoms with van der Waals surface area (Å²) in [6.07, 6.45) is -0.787. The fourth-order valence-corrected chi connectivity index (χ4v) is 2.31. The zero-order chi connectivity index (χ0) is 16.3. The molecule has 0 saturated carbocycles. The topological polar surface area (TPSA) is 40.6 Å². The van der Waals surface area contributed by atoms with E-state index in [0.717, 1.165) is 13.1 Å². The summed E-state index contributed by atoms with van der Waals surface area (Å²) in [5.74, 6) is -4.34. The van der Waals surface area contributed by atoms with E-state index in [0.29, 0.717) is 25.2 Å². The van der Waals surface area contributed by atoms with Crippen molar-refractivity contribution in [2.24, 2.45) is 0 Å². The van der Waals surface area contributed by atoms with Crippen molar-refractivity contribution >= 4 is 11.7 Å². The largest absolute Gasteiger partial charge is 0.340 e. The first-order valence-electron chi connectivity index (χ1n) is 6.98. The van der Waals surface area contributed by atoms with Gasteiger partial charge in [-0.1, -0.05) is 0 Å². The van der Waals surface area contributed by atoms with Gasteiger partial charge < -0.3 is 9.80 Å². The van der Waals surface area contributed by atoms with Crippen LogP contribution >= 0.6 is 0 Å². The van der Waals surface area contributed by atoms with E-state index in [1.54, 1.807) is 4.90 Å². The number of likely N-dealkylation sites (N-methyl/N-ethyl adjacent to an activating group) is 1. The van der Waals surface area contributed by atoms with Crippen molar-refractivity contribution in [3.63, 3.8) is 0 Å². The van der Waals surface area contributed by atoms with Gasteiger partial charge in [0.05, 0.1) is 6.42 Å². The Labute approximate surface area is 126 Å². The molecule has 0 aromatic heterocycles. The van der Waals surface area contributed by atoms with E-state index in [4.69, 9.17) is 0 Å². The van der Waals surface area contributed by atoms with Crippen LogP contribution in [0, 0.1) is 17.5 Å². The van der Waals surface area contributed by atoms with E-state index in [2.05, 4.69) is 4.90 Å². The fraction of sp³-hybridized carbons (Fsp3) is 0.467. The molecule has 22 heavy (non-hydrogen) atoms. The van der Waals surface area contributed by atoms with E-state index < -0.39 is 29.7 Å². The van der Waals surface area contributed by atoms with Gasteiger partial charge in [0, 0.05) is 38.7 Å². The first-order chi connectivity index (χ1) is 10.4. The number of halogens is 3. The zero-order valence-electron chi connectivity index (χ0n) is 12.2. The Hall–Kier alpha value is -1.89. The number of piperazine rings is 1. The highest BCUT2D eigenvalue weighted by Gasteiger charge is 2.22. The standard InChI is InChI=1S/C15H17F3N2O2/c1-19-2-4-20(5-3-19)15(22)8-11(21)6-10-7-13(17)14(18)9-12(10)16/h7,9H,2-6,8H2,1H3. The van der Waals surface area contributed by atoms with Crippen LogP contribution in [0.1, 0.15) is 12.0 Å². The first-order valence-corrected chi connectivity index (χ1v) is 6.98. The number of benzene rings is 1. The number of amides is 1. The smallest absolute Gasteiger partial charge is 0.230 e. The molecule has 0 atom stereocenters. The third-order valence-corrected chi connectivity index (χ3v) is 3.68. The second-order valence-electron chi connectivity index (χ2n) is 5.43. The van der Waals surface area contributed by atoms with Crippen LogP contribution in [0.3, 0.4) is 0 Å². The average Bonchev–Trinajstić information content (AvgIpc) is 2.45. The van der Waals surface area contributed by atoms with Crippen LogP contribution in [-0.4, -0.2) is 54.7 Å². The van der Waals surface area contributed by atoms with Crippen molar-refractivity contribution in [1.82, 2.24) is 9.80 Å². The number of Topliss-reactive ketones (excluding diaryl/α,β-unsaturated/α-hetero) is 1. The van der Waals surface area contributed by atoms with Gasteiger partial charge in [-0.25, -0.2) is 13.2 Å². The predicted molar refractivity (Wildman–Crippen MR) is 73.7 cm³/mol. The Balaban J connectivity index is 1.93. The molecule has 4 nitrogen and oxygen atoms in total. The third-order valence-electron chi connectivity index (χ3n) is 3.68. The van der Waals surface area contributed by atoms with Crippen LogP contribution in [0.15, 0.2) is 12.1 Å². The van der Waals surface area contributed by atoms with E-state index in [9.17, 15) is 22.8 Å². The van der Waals surface area contributed by atoms with Gasteiger partial charge in [0.15, 0.2) is 11.6 Å². The van der Waals surface area contributed by atoms with Crippen molar-refractivity contribution in [3.05, 3.63) is 35.1 Å². The molecule has 0 bridgehead atoms. The lowest BCUT2D eigenvalue weighted by molar-refractivity contribution is -0.136. The van der Waals surface area contributed by atoms with Crippen LogP contribution < -0.4 is 0 Å². The molecule has 0 N–H and O–H groups in total. The Morgan fingerprint density at radius 1 is 1.00 bits per heavy atom. The summed E-state index contributed by atoms with van der Waals surface area (Å²) in [6, 6.07) is 1.06. The summed E-state index contributed by atoms with van der Waals surface area (Å²) < 4.78 is 39.3. The summed E-state index contributed by atoms with van der Waals surface area (Å²) in [6.45, 7) is 2.56. The molecule has 0 radical (unpaired) electrons. The SMILES string of the molecule is CN1CCN(C(=O)CC(=O)Cc2cc(F)c(F)cc2F)CC1. The fourth-order valence-electron chi connectivity index (χ4n) is 2.31. The number of nitrogens with zero attached hydrogens (tertiary/aromatic N) is 2. The summed E-state index contributed by atoms with van der Waals surface area (Å²) in [5.41, 5.74) is -0.241. The van der Waals surface area contributed by atoms with Gasteiger partial charge in [0.2, 0.25) is 5.91 Å². The van der Waals surface area contributed by atoms with E-state index in [-0.39, 0.29) is 17.9 Å². The Morgan fingerprint density at radius 3 is 2.23 bits per heavy atom. The van der Waals surface area contributed by atoms with Gasteiger partial charge in [-0.05, 0) is 18.7 Å². The highest BCUT2D eigenvalue weighted by Crippen LogP contribution is 2.15. The van der Waals surface area contributed by atoms with Crippen LogP contribution in [-0.2, 0) is 16.0 Å². The van der Waals surface area contributed by atoms with Crippen LogP contribution in [0.25, 0.3) is 0 Å². The van der Waals surface area contributed by atoms with Gasteiger partial charge in [-0.3, -0.25) is 9.59 Å². The Kier molecular flexibility index (Phi) is 5.18. The van der Waals surface area contributed by atoms with Gasteiger partial charge >= 0.3 is 0 Å². The molecular formula is C15H17F3N2O2. The van der Waals surface area contributed by atoms with E-state index in [1.165, 1.54) is 0 Å². The third kappa shape index (κ3) is 4.07. The first kappa shape index (κ1) is 16.5. The molecule has 120 valence electrons. The van der Waals surface area contributed by atoms with Crippen molar-refractivity contribution in [1.29, 1.82) is 0 Å². The van der Waals surface area contributed by atoms with Gasteiger partial charge in [-0.2, -0.15) is 0 Å². The van der Waals surface area contributed by atoms with Crippen LogP contribution in [0.5, 0.6) is 0 Å². The van der Waals surface area contributed by atoms with Gasteiger partial charge in [0.25, 0.3) is 0 Å². The highest BCUT2D eigenvalue weighted by molar-refractivity contribution is 5.98. The number of hydrogen-bond donors (Lipinski definition) is 0. The molecular weight excluding hydrogens is 297 g/mol. The second kappa shape index (κ2) is 6.91. The molecule has 1 aromatic rings. The average molecular weight is 314 g/mol. The molecule has 1 aliphatic heterocycles. The monoisotopic (exact) mass is 314 g/mol. The van der Waals surface area contributed by atoms with Crippen LogP contribution in [0.2, 0.25) is 0 Å². The molecule has 0 spiro atoms. The Morgan fingerprint density at radius 2 is 1.59 bits per heavy atom. The summed E-state index contributed by atoms with van der Waals surface area (Å²) in [5, 5.41) is 0. The van der Waals surface area contributed by atoms with Gasteiger partial charge in [0.1, 0.15) is 11.6 Å². The van der Waals surface area contributed by atoms with E-state index >= 15 is 0 Å². The van der Waals surface area contributed by atoms with E-state index in [1.807, 2.05) is 7.05 Å². The van der Waals surface area contributed by atoms with Crippen molar-refractivity contribution < 1.29 is 22.8 Å². The maximum atomic E-state index is 13.5. The summed E-state index contributed by atoms with van der Waals surface area (Å²) in [7, 11) is 1.94. The summed E-state index contributed by atoms with van der Waals surface area (Å²) in [4.78, 5) is 27.5. The quantitative estimate of drug-likeness (QED) is 0.623. The molecule has 0 unspecified atom stereocenters. The maximum Gasteiger partial charge on any atom is 0.230 e. The Bertz CT molecular complexity index is 584. The van der Waals surface area contributed by atoms with Gasteiger partial charge in [-0.15, -0.1) is 0 Å². The molecule has 0 aliphatic carbocycles. The second-order valence-corrected chi connectivity index (χ2v) is 5.43. The lowest BCUT2D eigenvalue weighted by Gasteiger charge is -2.32. The number of rotatable bonds is 4. The number of carbonyl (C=O) groups is 2. The minimum Gasteiger partial charge on any atom is -0.340 e. The van der Waals surface area contributed by atoms with Crippen molar-refractivity contribution in [2.45, 2.75) is 12.8 Å². The molecule has 7 heteroatoms.